The number of nitrogens with zero attached hydrogens (tertiary/aromatic N) is 2. The Balaban J connectivity index is 1.70. The lowest BCUT2D eigenvalue weighted by atomic mass is 9.95. The highest BCUT2D eigenvalue weighted by Gasteiger charge is 2.34. The van der Waals surface area contributed by atoms with Gasteiger partial charge < -0.3 is 15.0 Å². The second-order valence-corrected chi connectivity index (χ2v) is 13.2. The topological polar surface area (TPSA) is 96.0 Å². The summed E-state index contributed by atoms with van der Waals surface area (Å²) in [5.74, 6) is -0.0402. The molecule has 2 amide bonds. The fraction of sp³-hybridized carbons (Fsp3) is 0.394. The number of ether oxygens (including phenoxy) is 1. The summed E-state index contributed by atoms with van der Waals surface area (Å²) >= 11 is 6.03. The number of nitrogens with one attached hydrogen (secondary N) is 1. The monoisotopic (exact) mass is 625 g/mol. The largest absolute Gasteiger partial charge is 0.497 e. The van der Waals surface area contributed by atoms with Gasteiger partial charge in [-0.05, 0) is 80.3 Å². The van der Waals surface area contributed by atoms with Gasteiger partial charge in [0.2, 0.25) is 11.8 Å². The van der Waals surface area contributed by atoms with E-state index < -0.39 is 28.5 Å². The van der Waals surface area contributed by atoms with Crippen LogP contribution >= 0.6 is 11.6 Å². The summed E-state index contributed by atoms with van der Waals surface area (Å²) in [6, 6.07) is 19.4. The molecule has 0 unspecified atom stereocenters. The maximum absolute atomic E-state index is 14.2. The third-order valence-electron chi connectivity index (χ3n) is 7.85. The molecule has 0 aromatic heterocycles. The average molecular weight is 626 g/mol. The fourth-order valence-electron chi connectivity index (χ4n) is 5.36. The number of methoxy groups -OCH3 is 1. The van der Waals surface area contributed by atoms with Gasteiger partial charge in [-0.2, -0.15) is 0 Å². The summed E-state index contributed by atoms with van der Waals surface area (Å²) in [5, 5.41) is 3.56. The Kier molecular flexibility index (Phi) is 11.1. The molecule has 230 valence electrons. The Morgan fingerprint density at radius 2 is 1.58 bits per heavy atom. The van der Waals surface area contributed by atoms with E-state index in [1.807, 2.05) is 26.0 Å². The zero-order valence-electron chi connectivity index (χ0n) is 25.0. The maximum Gasteiger partial charge on any atom is 0.264 e. The molecule has 8 nitrogen and oxygen atoms in total. The molecular weight excluding hydrogens is 586 g/mol. The summed E-state index contributed by atoms with van der Waals surface area (Å²) in [4.78, 5) is 29.4. The Hall–Kier alpha value is -3.56. The number of sulfonamides is 1. The Labute approximate surface area is 260 Å². The van der Waals surface area contributed by atoms with Crippen molar-refractivity contribution in [2.75, 3.05) is 18.0 Å². The number of carbonyl (C=O) groups excluding carboxylic acids is 2. The normalized spacial score (nSPS) is 14.5. The lowest BCUT2D eigenvalue weighted by Gasteiger charge is -2.34. The predicted molar refractivity (Wildman–Crippen MR) is 170 cm³/mol. The molecule has 1 N–H and O–H groups in total. The van der Waals surface area contributed by atoms with E-state index in [2.05, 4.69) is 5.32 Å². The van der Waals surface area contributed by atoms with Crippen LogP contribution in [0.15, 0.2) is 77.7 Å². The van der Waals surface area contributed by atoms with E-state index in [-0.39, 0.29) is 23.4 Å². The molecule has 1 fully saturated rings. The highest BCUT2D eigenvalue weighted by Crippen LogP contribution is 2.27. The zero-order valence-corrected chi connectivity index (χ0v) is 26.5. The molecule has 3 aromatic rings. The third kappa shape index (κ3) is 8.30. The Morgan fingerprint density at radius 3 is 2.16 bits per heavy atom. The summed E-state index contributed by atoms with van der Waals surface area (Å²) in [6.07, 6.45) is 5.47. The molecule has 0 bridgehead atoms. The number of rotatable bonds is 12. The first-order valence-corrected chi connectivity index (χ1v) is 16.5. The van der Waals surface area contributed by atoms with E-state index in [0.717, 1.165) is 47.5 Å². The van der Waals surface area contributed by atoms with Crippen molar-refractivity contribution < 1.29 is 22.7 Å². The van der Waals surface area contributed by atoms with Crippen molar-refractivity contribution in [1.82, 2.24) is 10.2 Å². The van der Waals surface area contributed by atoms with E-state index >= 15 is 0 Å². The van der Waals surface area contributed by atoms with Crippen LogP contribution in [-0.4, -0.2) is 50.9 Å². The summed E-state index contributed by atoms with van der Waals surface area (Å²) < 4.78 is 34.3. The molecule has 3 aromatic carbocycles. The highest BCUT2D eigenvalue weighted by atomic mass is 35.5. The molecule has 0 radical (unpaired) electrons. The quantitative estimate of drug-likeness (QED) is 0.262. The second kappa shape index (κ2) is 14.8. The molecule has 1 aliphatic rings. The third-order valence-corrected chi connectivity index (χ3v) is 9.89. The van der Waals surface area contributed by atoms with Crippen molar-refractivity contribution in [3.8, 4) is 5.75 Å². The Bertz CT molecular complexity index is 1470. The number of anilines is 1. The molecule has 43 heavy (non-hydrogen) atoms. The van der Waals surface area contributed by atoms with Crippen LogP contribution < -0.4 is 14.4 Å². The number of hydrogen-bond acceptors (Lipinski definition) is 5. The van der Waals surface area contributed by atoms with Gasteiger partial charge in [0.25, 0.3) is 10.0 Å². The lowest BCUT2D eigenvalue weighted by Crippen LogP contribution is -2.54. The van der Waals surface area contributed by atoms with Crippen molar-refractivity contribution in [1.29, 1.82) is 0 Å². The van der Waals surface area contributed by atoms with Crippen molar-refractivity contribution in [2.24, 2.45) is 0 Å². The van der Waals surface area contributed by atoms with Gasteiger partial charge in [-0.15, -0.1) is 0 Å². The van der Waals surface area contributed by atoms with E-state index in [1.54, 1.807) is 43.5 Å². The molecule has 4 rings (SSSR count). The van der Waals surface area contributed by atoms with Crippen LogP contribution in [0.25, 0.3) is 0 Å². The van der Waals surface area contributed by atoms with E-state index in [4.69, 9.17) is 16.3 Å². The van der Waals surface area contributed by atoms with Gasteiger partial charge in [0.1, 0.15) is 18.3 Å². The summed E-state index contributed by atoms with van der Waals surface area (Å²) in [7, 11) is -2.58. The molecule has 0 aliphatic heterocycles. The van der Waals surface area contributed by atoms with Gasteiger partial charge >= 0.3 is 0 Å². The van der Waals surface area contributed by atoms with Gasteiger partial charge in [0.15, 0.2) is 0 Å². The van der Waals surface area contributed by atoms with E-state index in [9.17, 15) is 18.0 Å². The first-order chi connectivity index (χ1) is 20.6. The van der Waals surface area contributed by atoms with Crippen LogP contribution in [-0.2, 0) is 26.2 Å². The molecule has 1 aliphatic carbocycles. The van der Waals surface area contributed by atoms with Crippen LogP contribution in [0, 0.1) is 6.92 Å². The van der Waals surface area contributed by atoms with Crippen molar-refractivity contribution in [2.45, 2.75) is 75.9 Å². The fourth-order valence-corrected chi connectivity index (χ4v) is 6.91. The lowest BCUT2D eigenvalue weighted by molar-refractivity contribution is -0.140. The first-order valence-electron chi connectivity index (χ1n) is 14.7. The second-order valence-electron chi connectivity index (χ2n) is 10.9. The molecule has 0 saturated heterocycles. The standard InChI is InChI=1S/C33H40ClN3O5S/c1-4-31(33(39)35-27-8-6-5-7-9-27)36(22-25-12-18-29(42-3)19-13-25)32(38)23-37(28-16-10-24(2)11-17-28)43(40,41)30-20-14-26(34)15-21-30/h10-21,27,31H,4-9,22-23H2,1-3H3,(H,35,39)/t31-/m1/s1. The van der Waals surface area contributed by atoms with Crippen LogP contribution in [0.3, 0.4) is 0 Å². The SMILES string of the molecule is CC[C@H](C(=O)NC1CCCCC1)N(Cc1ccc(OC)cc1)C(=O)CN(c1ccc(C)cc1)S(=O)(=O)c1ccc(Cl)cc1. The van der Waals surface area contributed by atoms with Crippen LogP contribution in [0.5, 0.6) is 5.75 Å². The predicted octanol–water partition coefficient (Wildman–Crippen LogP) is 6.11. The molecule has 1 atom stereocenters. The van der Waals surface area contributed by atoms with Crippen LogP contribution in [0.2, 0.25) is 5.02 Å². The van der Waals surface area contributed by atoms with Crippen LogP contribution in [0.4, 0.5) is 5.69 Å². The number of amides is 2. The Morgan fingerprint density at radius 1 is 0.953 bits per heavy atom. The van der Waals surface area contributed by atoms with Gasteiger partial charge in [-0.25, -0.2) is 8.42 Å². The number of halogens is 1. The molecular formula is C33H40ClN3O5S. The summed E-state index contributed by atoms with van der Waals surface area (Å²) in [5.41, 5.74) is 2.09. The van der Waals surface area contributed by atoms with Gasteiger partial charge in [-0.1, -0.05) is 67.6 Å². The van der Waals surface area contributed by atoms with Gasteiger partial charge in [-0.3, -0.25) is 13.9 Å². The maximum atomic E-state index is 14.2. The molecule has 0 spiro atoms. The highest BCUT2D eigenvalue weighted by molar-refractivity contribution is 7.92. The molecule has 0 heterocycles. The van der Waals surface area contributed by atoms with Gasteiger partial charge in [0, 0.05) is 17.6 Å². The summed E-state index contributed by atoms with van der Waals surface area (Å²) in [6.45, 7) is 3.40. The minimum atomic E-state index is -4.16. The average Bonchev–Trinajstić information content (AvgIpc) is 3.01. The molecule has 1 saturated carbocycles. The van der Waals surface area contributed by atoms with Crippen LogP contribution in [0.1, 0.15) is 56.6 Å². The number of carbonyl (C=O) groups is 2. The zero-order chi connectivity index (χ0) is 31.0. The minimum Gasteiger partial charge on any atom is -0.497 e. The minimum absolute atomic E-state index is 0.00839. The number of aryl methyl sites for hydroxylation is 1. The number of hydrogen-bond donors (Lipinski definition) is 1. The molecule has 10 heteroatoms. The first kappa shape index (κ1) is 32.4. The van der Waals surface area contributed by atoms with Gasteiger partial charge in [0.05, 0.1) is 17.7 Å². The number of benzene rings is 3. The van der Waals surface area contributed by atoms with Crippen molar-refractivity contribution in [3.05, 3.63) is 88.9 Å². The smallest absolute Gasteiger partial charge is 0.264 e. The van der Waals surface area contributed by atoms with E-state index in [0.29, 0.717) is 22.9 Å². The van der Waals surface area contributed by atoms with Crippen molar-refractivity contribution in [3.63, 3.8) is 0 Å². The van der Waals surface area contributed by atoms with E-state index in [1.165, 1.54) is 29.2 Å². The van der Waals surface area contributed by atoms with Crippen molar-refractivity contribution >= 4 is 39.1 Å².